The summed E-state index contributed by atoms with van der Waals surface area (Å²) in [6.07, 6.45) is 1.56. The SMILES string of the molecule is CC1SCC(C(N)c2cc(Cl)cnc2N)SC1C. The highest BCUT2D eigenvalue weighted by atomic mass is 35.5. The first-order valence-electron chi connectivity index (χ1n) is 5.92. The van der Waals surface area contributed by atoms with Gasteiger partial charge in [-0.05, 0) is 6.07 Å². The van der Waals surface area contributed by atoms with Gasteiger partial charge in [-0.25, -0.2) is 4.98 Å². The van der Waals surface area contributed by atoms with E-state index in [1.165, 1.54) is 0 Å². The molecular formula is C12H18ClN3S2. The van der Waals surface area contributed by atoms with Gasteiger partial charge in [0.15, 0.2) is 0 Å². The summed E-state index contributed by atoms with van der Waals surface area (Å²) in [4.78, 5) is 4.08. The predicted molar refractivity (Wildman–Crippen MR) is 83.3 cm³/mol. The molecule has 0 saturated carbocycles. The molecule has 0 spiro atoms. The summed E-state index contributed by atoms with van der Waals surface area (Å²) in [5.41, 5.74) is 13.1. The van der Waals surface area contributed by atoms with E-state index >= 15 is 0 Å². The Labute approximate surface area is 121 Å². The lowest BCUT2D eigenvalue weighted by molar-refractivity contribution is 0.707. The van der Waals surface area contributed by atoms with E-state index in [0.29, 0.717) is 26.6 Å². The number of thioether (sulfide) groups is 2. The molecule has 0 aromatic carbocycles. The first-order chi connectivity index (χ1) is 8.49. The van der Waals surface area contributed by atoms with Crippen molar-refractivity contribution in [2.24, 2.45) is 5.73 Å². The van der Waals surface area contributed by atoms with Crippen LogP contribution >= 0.6 is 35.1 Å². The van der Waals surface area contributed by atoms with Gasteiger partial charge in [-0.1, -0.05) is 25.4 Å². The summed E-state index contributed by atoms with van der Waals surface area (Å²) >= 11 is 9.88. The molecule has 2 rings (SSSR count). The number of nitrogens with two attached hydrogens (primary N) is 2. The monoisotopic (exact) mass is 303 g/mol. The van der Waals surface area contributed by atoms with Gasteiger partial charge in [0.1, 0.15) is 5.82 Å². The second-order valence-electron chi connectivity index (χ2n) is 4.57. The lowest BCUT2D eigenvalue weighted by Gasteiger charge is -2.34. The number of anilines is 1. The zero-order valence-corrected chi connectivity index (χ0v) is 12.9. The summed E-state index contributed by atoms with van der Waals surface area (Å²) in [6, 6.07) is 1.73. The molecule has 6 heteroatoms. The molecule has 4 N–H and O–H groups in total. The summed E-state index contributed by atoms with van der Waals surface area (Å²) in [6.45, 7) is 4.51. The second-order valence-corrected chi connectivity index (χ2v) is 8.04. The minimum absolute atomic E-state index is 0.108. The molecule has 0 radical (unpaired) electrons. The topological polar surface area (TPSA) is 64.9 Å². The van der Waals surface area contributed by atoms with Crippen molar-refractivity contribution in [1.29, 1.82) is 0 Å². The van der Waals surface area contributed by atoms with Crippen LogP contribution in [0.4, 0.5) is 5.82 Å². The highest BCUT2D eigenvalue weighted by Crippen LogP contribution is 2.41. The van der Waals surface area contributed by atoms with Crippen LogP contribution in [0.5, 0.6) is 0 Å². The van der Waals surface area contributed by atoms with Gasteiger partial charge in [-0.3, -0.25) is 0 Å². The second kappa shape index (κ2) is 5.90. The molecule has 1 fully saturated rings. The minimum Gasteiger partial charge on any atom is -0.383 e. The summed E-state index contributed by atoms with van der Waals surface area (Å²) < 4.78 is 0. The Balaban J connectivity index is 2.16. The minimum atomic E-state index is -0.108. The maximum atomic E-state index is 6.33. The Kier molecular flexibility index (Phi) is 4.69. The molecule has 0 aliphatic carbocycles. The predicted octanol–water partition coefficient (Wildman–Crippen LogP) is 2.94. The third-order valence-corrected chi connectivity index (χ3v) is 6.97. The van der Waals surface area contributed by atoms with Gasteiger partial charge < -0.3 is 11.5 Å². The van der Waals surface area contributed by atoms with Crippen LogP contribution in [0.1, 0.15) is 25.5 Å². The van der Waals surface area contributed by atoms with Crippen molar-refractivity contribution in [2.75, 3.05) is 11.5 Å². The maximum absolute atomic E-state index is 6.33. The molecule has 18 heavy (non-hydrogen) atoms. The number of nitrogen functional groups attached to an aromatic ring is 1. The first kappa shape index (κ1) is 14.3. The van der Waals surface area contributed by atoms with Crippen molar-refractivity contribution in [2.45, 2.75) is 35.6 Å². The molecule has 1 aliphatic rings. The van der Waals surface area contributed by atoms with Gasteiger partial charge >= 0.3 is 0 Å². The quantitative estimate of drug-likeness (QED) is 0.879. The molecule has 2 heterocycles. The molecule has 1 aliphatic heterocycles. The molecular weight excluding hydrogens is 286 g/mol. The van der Waals surface area contributed by atoms with Gasteiger partial charge in [-0.2, -0.15) is 23.5 Å². The third kappa shape index (κ3) is 3.07. The van der Waals surface area contributed by atoms with E-state index in [2.05, 4.69) is 18.8 Å². The smallest absolute Gasteiger partial charge is 0.128 e. The Bertz CT molecular complexity index is 430. The number of hydrogen-bond donors (Lipinski definition) is 2. The average molecular weight is 304 g/mol. The van der Waals surface area contributed by atoms with Gasteiger partial charge in [-0.15, -0.1) is 0 Å². The van der Waals surface area contributed by atoms with Crippen molar-refractivity contribution < 1.29 is 0 Å². The van der Waals surface area contributed by atoms with Gasteiger partial charge in [0.25, 0.3) is 0 Å². The van der Waals surface area contributed by atoms with Crippen LogP contribution in [-0.2, 0) is 0 Å². The standard InChI is InChI=1S/C12H18ClN3S2/c1-6-7(2)18-10(5-17-6)11(14)9-3-8(13)4-16-12(9)15/h3-4,6-7,10-11H,5,14H2,1-2H3,(H2,15,16). The van der Waals surface area contributed by atoms with Crippen LogP contribution in [0.25, 0.3) is 0 Å². The molecule has 4 atom stereocenters. The summed E-state index contributed by atoms with van der Waals surface area (Å²) in [5, 5.41) is 2.23. The molecule has 1 aromatic heterocycles. The van der Waals surface area contributed by atoms with Crippen LogP contribution in [0, 0.1) is 0 Å². The van der Waals surface area contributed by atoms with Crippen molar-refractivity contribution >= 4 is 40.9 Å². The van der Waals surface area contributed by atoms with E-state index in [1.54, 1.807) is 6.20 Å². The Morgan fingerprint density at radius 1 is 1.44 bits per heavy atom. The van der Waals surface area contributed by atoms with E-state index in [9.17, 15) is 0 Å². The fourth-order valence-electron chi connectivity index (χ4n) is 1.93. The van der Waals surface area contributed by atoms with Crippen LogP contribution in [-0.4, -0.2) is 26.5 Å². The van der Waals surface area contributed by atoms with Crippen molar-refractivity contribution in [3.05, 3.63) is 22.8 Å². The zero-order chi connectivity index (χ0) is 13.3. The molecule has 1 aromatic rings. The highest BCUT2D eigenvalue weighted by Gasteiger charge is 2.31. The number of nitrogens with zero attached hydrogens (tertiary/aromatic N) is 1. The van der Waals surface area contributed by atoms with Gasteiger partial charge in [0, 0.05) is 39.3 Å². The van der Waals surface area contributed by atoms with E-state index in [-0.39, 0.29) is 6.04 Å². The van der Waals surface area contributed by atoms with Crippen LogP contribution < -0.4 is 11.5 Å². The van der Waals surface area contributed by atoms with E-state index in [0.717, 1.165) is 11.3 Å². The third-order valence-electron chi connectivity index (χ3n) is 3.25. The van der Waals surface area contributed by atoms with Crippen molar-refractivity contribution in [1.82, 2.24) is 4.98 Å². The van der Waals surface area contributed by atoms with Crippen molar-refractivity contribution in [3.63, 3.8) is 0 Å². The van der Waals surface area contributed by atoms with Crippen LogP contribution in [0.15, 0.2) is 12.3 Å². The number of halogens is 1. The molecule has 4 unspecified atom stereocenters. The number of hydrogen-bond acceptors (Lipinski definition) is 5. The normalized spacial score (nSPS) is 30.1. The largest absolute Gasteiger partial charge is 0.383 e. The zero-order valence-electron chi connectivity index (χ0n) is 10.5. The van der Waals surface area contributed by atoms with E-state index in [4.69, 9.17) is 23.1 Å². The molecule has 3 nitrogen and oxygen atoms in total. The molecule has 0 bridgehead atoms. The Morgan fingerprint density at radius 2 is 2.17 bits per heavy atom. The highest BCUT2D eigenvalue weighted by molar-refractivity contribution is 8.07. The molecule has 0 amide bonds. The lowest BCUT2D eigenvalue weighted by Crippen LogP contribution is -2.34. The first-order valence-corrected chi connectivity index (χ1v) is 8.29. The molecule has 1 saturated heterocycles. The number of pyridine rings is 1. The Morgan fingerprint density at radius 3 is 2.83 bits per heavy atom. The molecule has 100 valence electrons. The maximum Gasteiger partial charge on any atom is 0.128 e. The van der Waals surface area contributed by atoms with Crippen molar-refractivity contribution in [3.8, 4) is 0 Å². The fourth-order valence-corrected chi connectivity index (χ4v) is 5.13. The number of rotatable bonds is 2. The Hall–Kier alpha value is -0.100. The average Bonchev–Trinajstić information content (AvgIpc) is 2.35. The summed E-state index contributed by atoms with van der Waals surface area (Å²) in [7, 11) is 0. The van der Waals surface area contributed by atoms with Gasteiger partial charge in [0.2, 0.25) is 0 Å². The fraction of sp³-hybridized carbons (Fsp3) is 0.583. The van der Waals surface area contributed by atoms with Gasteiger partial charge in [0.05, 0.1) is 5.02 Å². The van der Waals surface area contributed by atoms with Crippen LogP contribution in [0.2, 0.25) is 5.02 Å². The number of aromatic nitrogens is 1. The summed E-state index contributed by atoms with van der Waals surface area (Å²) in [5.74, 6) is 1.53. The van der Waals surface area contributed by atoms with Crippen LogP contribution in [0.3, 0.4) is 0 Å². The van der Waals surface area contributed by atoms with E-state index in [1.807, 2.05) is 29.6 Å². The van der Waals surface area contributed by atoms with E-state index < -0.39 is 0 Å². The lowest BCUT2D eigenvalue weighted by atomic mass is 10.1.